The number of ether oxygens (including phenoxy) is 2. The highest BCUT2D eigenvalue weighted by Crippen LogP contribution is 2.31. The zero-order chi connectivity index (χ0) is 19.1. The first-order valence-corrected chi connectivity index (χ1v) is 8.09. The summed E-state index contributed by atoms with van der Waals surface area (Å²) in [6, 6.07) is 7.01. The van der Waals surface area contributed by atoms with Crippen molar-refractivity contribution in [3.8, 4) is 11.5 Å². The summed E-state index contributed by atoms with van der Waals surface area (Å²) >= 11 is 14.3. The van der Waals surface area contributed by atoms with Crippen molar-refractivity contribution in [2.75, 3.05) is 14.2 Å². The average Bonchev–Trinajstić information content (AvgIpc) is 2.59. The van der Waals surface area contributed by atoms with Gasteiger partial charge in [-0.2, -0.15) is 0 Å². The number of carbonyl (C=O) groups is 2. The van der Waals surface area contributed by atoms with Gasteiger partial charge in [-0.25, -0.2) is 9.59 Å². The Bertz CT molecular complexity index is 794. The number of hydrogen-bond acceptors (Lipinski definition) is 6. The van der Waals surface area contributed by atoms with Crippen molar-refractivity contribution in [1.82, 2.24) is 0 Å². The molecule has 0 saturated carbocycles. The molecule has 2 aromatic rings. The topological polar surface area (TPSA) is 93.1 Å². The van der Waals surface area contributed by atoms with Gasteiger partial charge in [0.15, 0.2) is 0 Å². The van der Waals surface area contributed by atoms with Crippen LogP contribution in [0.25, 0.3) is 0 Å². The molecule has 25 heavy (non-hydrogen) atoms. The molecule has 0 aliphatic carbocycles. The van der Waals surface area contributed by atoms with Crippen molar-refractivity contribution < 1.29 is 29.3 Å². The second kappa shape index (κ2) is 9.50. The van der Waals surface area contributed by atoms with Crippen molar-refractivity contribution in [2.24, 2.45) is 0 Å². The van der Waals surface area contributed by atoms with Gasteiger partial charge in [0, 0.05) is 10.0 Å². The Morgan fingerprint density at radius 1 is 0.920 bits per heavy atom. The number of hydrogen-bond donors (Lipinski definition) is 2. The lowest BCUT2D eigenvalue weighted by Gasteiger charge is -2.04. The van der Waals surface area contributed by atoms with E-state index in [1.165, 1.54) is 44.6 Å². The number of esters is 2. The van der Waals surface area contributed by atoms with E-state index >= 15 is 0 Å². The summed E-state index contributed by atoms with van der Waals surface area (Å²) in [4.78, 5) is 22.0. The van der Waals surface area contributed by atoms with Crippen molar-refractivity contribution in [2.45, 2.75) is 0 Å². The van der Waals surface area contributed by atoms with E-state index in [1.807, 2.05) is 0 Å². The number of phenolic OH excluding ortho intramolecular Hbond substituents is 2. The highest BCUT2D eigenvalue weighted by atomic mass is 79.9. The number of rotatable bonds is 2. The van der Waals surface area contributed by atoms with Crippen LogP contribution in [0.5, 0.6) is 11.5 Å². The monoisotopic (exact) mass is 450 g/mol. The molecule has 0 radical (unpaired) electrons. The lowest BCUT2D eigenvalue weighted by Crippen LogP contribution is -2.01. The van der Waals surface area contributed by atoms with Gasteiger partial charge in [-0.3, -0.25) is 0 Å². The molecule has 0 bridgehead atoms. The van der Waals surface area contributed by atoms with Gasteiger partial charge in [-0.15, -0.1) is 0 Å². The van der Waals surface area contributed by atoms with E-state index in [9.17, 15) is 19.8 Å². The van der Waals surface area contributed by atoms with Crippen LogP contribution in [0.4, 0.5) is 0 Å². The predicted molar refractivity (Wildman–Crippen MR) is 96.6 cm³/mol. The third-order valence-electron chi connectivity index (χ3n) is 2.80. The van der Waals surface area contributed by atoms with Gasteiger partial charge >= 0.3 is 11.9 Å². The quantitative estimate of drug-likeness (QED) is 0.656. The normalized spacial score (nSPS) is 9.64. The summed E-state index contributed by atoms with van der Waals surface area (Å²) in [6.07, 6.45) is 0. The summed E-state index contributed by atoms with van der Waals surface area (Å²) in [5.41, 5.74) is 0.117. The lowest BCUT2D eigenvalue weighted by molar-refractivity contribution is 0.0588. The van der Waals surface area contributed by atoms with Crippen LogP contribution in [-0.4, -0.2) is 36.4 Å². The molecule has 0 saturated heterocycles. The molecule has 134 valence electrons. The van der Waals surface area contributed by atoms with Crippen LogP contribution in [0.2, 0.25) is 10.0 Å². The highest BCUT2D eigenvalue weighted by Gasteiger charge is 2.15. The van der Waals surface area contributed by atoms with Crippen LogP contribution in [0.1, 0.15) is 20.7 Å². The van der Waals surface area contributed by atoms with Crippen molar-refractivity contribution in [3.63, 3.8) is 0 Å². The standard InChI is InChI=1S/C8H6BrClO3.C8H7ClO3/c1-13-8(12)5-2-4(10)3-6(9)7(5)11;1-12-8(11)6-4-5(9)2-3-7(6)10/h2-3,11H,1H3;2-4,10H,1H3. The third-order valence-corrected chi connectivity index (χ3v) is 3.86. The van der Waals surface area contributed by atoms with E-state index in [0.717, 1.165) is 0 Å². The predicted octanol–water partition coefficient (Wildman–Crippen LogP) is 4.43. The minimum Gasteiger partial charge on any atom is -0.507 e. The van der Waals surface area contributed by atoms with Gasteiger partial charge in [-0.1, -0.05) is 23.2 Å². The highest BCUT2D eigenvalue weighted by molar-refractivity contribution is 9.10. The molecule has 0 aliphatic rings. The van der Waals surface area contributed by atoms with Crippen LogP contribution in [0.15, 0.2) is 34.8 Å². The molecule has 2 N–H and O–H groups in total. The maximum absolute atomic E-state index is 11.1. The summed E-state index contributed by atoms with van der Waals surface area (Å²) < 4.78 is 9.22. The van der Waals surface area contributed by atoms with Crippen molar-refractivity contribution in [1.29, 1.82) is 0 Å². The van der Waals surface area contributed by atoms with E-state index in [4.69, 9.17) is 23.2 Å². The summed E-state index contributed by atoms with van der Waals surface area (Å²) in [5, 5.41) is 19.3. The average molecular weight is 452 g/mol. The number of benzene rings is 2. The smallest absolute Gasteiger partial charge is 0.341 e. The van der Waals surface area contributed by atoms with E-state index in [2.05, 4.69) is 25.4 Å². The molecule has 6 nitrogen and oxygen atoms in total. The maximum atomic E-state index is 11.1. The van der Waals surface area contributed by atoms with Gasteiger partial charge in [-0.05, 0) is 46.3 Å². The Labute approximate surface area is 162 Å². The minimum absolute atomic E-state index is 0.0434. The Morgan fingerprint density at radius 3 is 2.00 bits per heavy atom. The Morgan fingerprint density at radius 2 is 1.44 bits per heavy atom. The molecule has 0 aliphatic heterocycles. The summed E-state index contributed by atoms with van der Waals surface area (Å²) in [5.74, 6) is -1.53. The molecule has 0 atom stereocenters. The molecule has 2 rings (SSSR count). The minimum atomic E-state index is -0.624. The lowest BCUT2D eigenvalue weighted by atomic mass is 10.2. The van der Waals surface area contributed by atoms with Gasteiger partial charge in [0.25, 0.3) is 0 Å². The summed E-state index contributed by atoms with van der Waals surface area (Å²) in [7, 11) is 2.47. The van der Waals surface area contributed by atoms with E-state index in [0.29, 0.717) is 14.5 Å². The van der Waals surface area contributed by atoms with Crippen LogP contribution in [-0.2, 0) is 9.47 Å². The number of aromatic hydroxyl groups is 2. The molecule has 9 heteroatoms. The fraction of sp³-hybridized carbons (Fsp3) is 0.125. The molecule has 0 heterocycles. The second-order valence-electron chi connectivity index (χ2n) is 4.43. The SMILES string of the molecule is COC(=O)c1cc(Cl)cc(Br)c1O.COC(=O)c1cc(Cl)ccc1O. The Balaban J connectivity index is 0.000000251. The van der Waals surface area contributed by atoms with Crippen LogP contribution < -0.4 is 0 Å². The van der Waals surface area contributed by atoms with Gasteiger partial charge < -0.3 is 19.7 Å². The van der Waals surface area contributed by atoms with E-state index in [-0.39, 0.29) is 22.6 Å². The zero-order valence-corrected chi connectivity index (χ0v) is 16.1. The first-order valence-electron chi connectivity index (χ1n) is 6.54. The molecule has 2 aromatic carbocycles. The molecule has 0 fully saturated rings. The van der Waals surface area contributed by atoms with Crippen molar-refractivity contribution in [3.05, 3.63) is 56.0 Å². The second-order valence-corrected chi connectivity index (χ2v) is 6.16. The maximum Gasteiger partial charge on any atom is 0.341 e. The summed E-state index contributed by atoms with van der Waals surface area (Å²) in [6.45, 7) is 0. The molecular formula is C16H13BrCl2O6. The van der Waals surface area contributed by atoms with E-state index < -0.39 is 11.9 Å². The van der Waals surface area contributed by atoms with Gasteiger partial charge in [0.2, 0.25) is 0 Å². The molecule has 0 unspecified atom stereocenters. The van der Waals surface area contributed by atoms with Crippen molar-refractivity contribution >= 4 is 51.1 Å². The van der Waals surface area contributed by atoms with Crippen LogP contribution >= 0.6 is 39.1 Å². The van der Waals surface area contributed by atoms with Crippen LogP contribution in [0, 0.1) is 0 Å². The third kappa shape index (κ3) is 5.81. The number of halogens is 3. The van der Waals surface area contributed by atoms with Gasteiger partial charge in [0.1, 0.15) is 22.6 Å². The number of carbonyl (C=O) groups excluding carboxylic acids is 2. The van der Waals surface area contributed by atoms with Gasteiger partial charge in [0.05, 0.1) is 18.7 Å². The molecule has 0 amide bonds. The largest absolute Gasteiger partial charge is 0.507 e. The molecule has 0 aromatic heterocycles. The zero-order valence-electron chi connectivity index (χ0n) is 13.0. The fourth-order valence-electron chi connectivity index (χ4n) is 1.61. The van der Waals surface area contributed by atoms with E-state index in [1.54, 1.807) is 0 Å². The molecular weight excluding hydrogens is 439 g/mol. The first kappa shape index (κ1) is 21.1. The first-order chi connectivity index (χ1) is 11.7. The Kier molecular flexibility index (Phi) is 8.02. The molecule has 0 spiro atoms. The Hall–Kier alpha value is -1.96. The number of methoxy groups -OCH3 is 2. The van der Waals surface area contributed by atoms with Crippen LogP contribution in [0.3, 0.4) is 0 Å². The number of phenols is 2. The fourth-order valence-corrected chi connectivity index (χ4v) is 2.60.